The average Bonchev–Trinajstić information content (AvgIpc) is 3.02. The van der Waals surface area contributed by atoms with Crippen LogP contribution in [0.3, 0.4) is 0 Å². The normalized spacial score (nSPS) is 10.8. The number of aryl methyl sites for hydroxylation is 2. The SMILES string of the molecule is Cc1ccc(C)c(-n2nnnc2SCCOc2cccc(Br)c2)c1. The summed E-state index contributed by atoms with van der Waals surface area (Å²) in [5.41, 5.74) is 3.33. The minimum absolute atomic E-state index is 0.584. The third kappa shape index (κ3) is 4.15. The average molecular weight is 405 g/mol. The predicted molar refractivity (Wildman–Crippen MR) is 99.0 cm³/mol. The van der Waals surface area contributed by atoms with Crippen LogP contribution in [0.5, 0.6) is 5.75 Å². The van der Waals surface area contributed by atoms with Crippen LogP contribution in [-0.4, -0.2) is 32.6 Å². The second kappa shape index (κ2) is 7.81. The molecule has 0 aliphatic carbocycles. The molecule has 1 heterocycles. The van der Waals surface area contributed by atoms with Gasteiger partial charge in [-0.05, 0) is 59.7 Å². The molecule has 0 saturated carbocycles. The molecule has 0 N–H and O–H groups in total. The molecule has 24 heavy (non-hydrogen) atoms. The molecule has 0 atom stereocenters. The van der Waals surface area contributed by atoms with E-state index in [2.05, 4.69) is 63.5 Å². The minimum Gasteiger partial charge on any atom is -0.493 e. The number of halogens is 1. The third-order valence-electron chi connectivity index (χ3n) is 3.41. The van der Waals surface area contributed by atoms with E-state index in [0.717, 1.165) is 32.4 Å². The van der Waals surface area contributed by atoms with E-state index < -0.39 is 0 Å². The fraction of sp³-hybridized carbons (Fsp3) is 0.235. The molecule has 1 aromatic heterocycles. The number of ether oxygens (including phenoxy) is 1. The Kier molecular flexibility index (Phi) is 5.52. The summed E-state index contributed by atoms with van der Waals surface area (Å²) in [5.74, 6) is 1.61. The molecule has 124 valence electrons. The van der Waals surface area contributed by atoms with Crippen molar-refractivity contribution < 1.29 is 4.74 Å². The molecule has 2 aromatic carbocycles. The van der Waals surface area contributed by atoms with Gasteiger partial charge in [-0.15, -0.1) is 5.10 Å². The molecule has 0 fully saturated rings. The fourth-order valence-electron chi connectivity index (χ4n) is 2.22. The Hall–Kier alpha value is -1.86. The van der Waals surface area contributed by atoms with Crippen molar-refractivity contribution in [1.29, 1.82) is 0 Å². The Balaban J connectivity index is 1.63. The first-order chi connectivity index (χ1) is 11.6. The zero-order valence-electron chi connectivity index (χ0n) is 13.4. The van der Waals surface area contributed by atoms with Gasteiger partial charge in [0.2, 0.25) is 5.16 Å². The van der Waals surface area contributed by atoms with Gasteiger partial charge in [-0.1, -0.05) is 45.9 Å². The number of rotatable bonds is 6. The number of benzene rings is 2. The topological polar surface area (TPSA) is 52.8 Å². The summed E-state index contributed by atoms with van der Waals surface area (Å²) >= 11 is 5.01. The molecule has 0 saturated heterocycles. The lowest BCUT2D eigenvalue weighted by Gasteiger charge is -2.09. The number of hydrogen-bond acceptors (Lipinski definition) is 5. The van der Waals surface area contributed by atoms with E-state index in [0.29, 0.717) is 6.61 Å². The van der Waals surface area contributed by atoms with Crippen LogP contribution in [0.4, 0.5) is 0 Å². The van der Waals surface area contributed by atoms with E-state index in [1.807, 2.05) is 24.3 Å². The Morgan fingerprint density at radius 1 is 1.17 bits per heavy atom. The summed E-state index contributed by atoms with van der Waals surface area (Å²) in [6.07, 6.45) is 0. The van der Waals surface area contributed by atoms with Gasteiger partial charge in [-0.25, -0.2) is 0 Å². The van der Waals surface area contributed by atoms with Crippen molar-refractivity contribution in [2.75, 3.05) is 12.4 Å². The third-order valence-corrected chi connectivity index (χ3v) is 4.79. The Morgan fingerprint density at radius 3 is 2.88 bits per heavy atom. The Bertz CT molecular complexity index is 837. The largest absolute Gasteiger partial charge is 0.493 e. The highest BCUT2D eigenvalue weighted by Gasteiger charge is 2.11. The van der Waals surface area contributed by atoms with Crippen molar-refractivity contribution in [2.45, 2.75) is 19.0 Å². The molecular weight excluding hydrogens is 388 g/mol. The molecule has 0 unspecified atom stereocenters. The van der Waals surface area contributed by atoms with Gasteiger partial charge in [-0.3, -0.25) is 0 Å². The van der Waals surface area contributed by atoms with Crippen molar-refractivity contribution in [1.82, 2.24) is 20.2 Å². The maximum Gasteiger partial charge on any atom is 0.214 e. The smallest absolute Gasteiger partial charge is 0.214 e. The molecular formula is C17H17BrN4OS. The number of aromatic nitrogens is 4. The maximum absolute atomic E-state index is 5.74. The number of tetrazole rings is 1. The van der Waals surface area contributed by atoms with E-state index in [9.17, 15) is 0 Å². The summed E-state index contributed by atoms with van der Waals surface area (Å²) in [6.45, 7) is 4.70. The highest BCUT2D eigenvalue weighted by molar-refractivity contribution is 9.10. The summed E-state index contributed by atoms with van der Waals surface area (Å²) in [6, 6.07) is 14.1. The first-order valence-electron chi connectivity index (χ1n) is 7.50. The van der Waals surface area contributed by atoms with E-state index in [1.165, 1.54) is 5.56 Å². The van der Waals surface area contributed by atoms with Crippen molar-refractivity contribution in [3.8, 4) is 11.4 Å². The summed E-state index contributed by atoms with van der Waals surface area (Å²) in [4.78, 5) is 0. The molecule has 0 spiro atoms. The van der Waals surface area contributed by atoms with Crippen LogP contribution < -0.4 is 4.74 Å². The molecule has 3 rings (SSSR count). The standard InChI is InChI=1S/C17H17BrN4OS/c1-12-6-7-13(2)16(10-12)22-17(19-20-21-22)24-9-8-23-15-5-3-4-14(18)11-15/h3-7,10-11H,8-9H2,1-2H3. The molecule has 0 radical (unpaired) electrons. The Morgan fingerprint density at radius 2 is 2.04 bits per heavy atom. The Labute approximate surface area is 153 Å². The van der Waals surface area contributed by atoms with Crippen LogP contribution in [-0.2, 0) is 0 Å². The minimum atomic E-state index is 0.584. The van der Waals surface area contributed by atoms with Crippen molar-refractivity contribution >= 4 is 27.7 Å². The number of thioether (sulfide) groups is 1. The summed E-state index contributed by atoms with van der Waals surface area (Å²) < 4.78 is 8.53. The van der Waals surface area contributed by atoms with Crippen LogP contribution in [0.1, 0.15) is 11.1 Å². The monoisotopic (exact) mass is 404 g/mol. The maximum atomic E-state index is 5.74. The van der Waals surface area contributed by atoms with Crippen LogP contribution in [0.2, 0.25) is 0 Å². The van der Waals surface area contributed by atoms with Gasteiger partial charge in [0.1, 0.15) is 5.75 Å². The van der Waals surface area contributed by atoms with Gasteiger partial charge in [0.25, 0.3) is 0 Å². The molecule has 0 aliphatic rings. The van der Waals surface area contributed by atoms with Gasteiger partial charge in [0.05, 0.1) is 12.3 Å². The van der Waals surface area contributed by atoms with Gasteiger partial charge in [0, 0.05) is 10.2 Å². The van der Waals surface area contributed by atoms with Crippen molar-refractivity contribution in [3.63, 3.8) is 0 Å². The van der Waals surface area contributed by atoms with Crippen LogP contribution in [0.25, 0.3) is 5.69 Å². The summed E-state index contributed by atoms with van der Waals surface area (Å²) in [7, 11) is 0. The fourth-order valence-corrected chi connectivity index (χ4v) is 3.30. The molecule has 7 heteroatoms. The number of nitrogens with zero attached hydrogens (tertiary/aromatic N) is 4. The quantitative estimate of drug-likeness (QED) is 0.454. The second-order valence-electron chi connectivity index (χ2n) is 5.32. The van der Waals surface area contributed by atoms with E-state index in [1.54, 1.807) is 16.4 Å². The highest BCUT2D eigenvalue weighted by atomic mass is 79.9. The van der Waals surface area contributed by atoms with Gasteiger partial charge in [-0.2, -0.15) is 4.68 Å². The van der Waals surface area contributed by atoms with E-state index in [-0.39, 0.29) is 0 Å². The van der Waals surface area contributed by atoms with Crippen LogP contribution >= 0.6 is 27.7 Å². The van der Waals surface area contributed by atoms with Crippen molar-refractivity contribution in [3.05, 3.63) is 58.1 Å². The van der Waals surface area contributed by atoms with Crippen molar-refractivity contribution in [2.24, 2.45) is 0 Å². The lowest BCUT2D eigenvalue weighted by molar-refractivity contribution is 0.343. The highest BCUT2D eigenvalue weighted by Crippen LogP contribution is 2.22. The first kappa shape index (κ1) is 17.0. The predicted octanol–water partition coefficient (Wildman–Crippen LogP) is 4.21. The molecule has 5 nitrogen and oxygen atoms in total. The van der Waals surface area contributed by atoms with Gasteiger partial charge >= 0.3 is 0 Å². The lowest BCUT2D eigenvalue weighted by atomic mass is 10.1. The second-order valence-corrected chi connectivity index (χ2v) is 7.30. The molecule has 0 bridgehead atoms. The molecule has 0 aliphatic heterocycles. The molecule has 3 aromatic rings. The van der Waals surface area contributed by atoms with E-state index >= 15 is 0 Å². The zero-order chi connectivity index (χ0) is 16.9. The zero-order valence-corrected chi connectivity index (χ0v) is 15.8. The van der Waals surface area contributed by atoms with Gasteiger partial charge < -0.3 is 4.74 Å². The van der Waals surface area contributed by atoms with Crippen LogP contribution in [0.15, 0.2) is 52.1 Å². The van der Waals surface area contributed by atoms with E-state index in [4.69, 9.17) is 4.74 Å². The lowest BCUT2D eigenvalue weighted by Crippen LogP contribution is -2.04. The number of hydrogen-bond donors (Lipinski definition) is 0. The first-order valence-corrected chi connectivity index (χ1v) is 9.28. The van der Waals surface area contributed by atoms with Gasteiger partial charge in [0.15, 0.2) is 0 Å². The molecule has 0 amide bonds. The van der Waals surface area contributed by atoms with Crippen LogP contribution in [0, 0.1) is 13.8 Å². The summed E-state index contributed by atoms with van der Waals surface area (Å²) in [5, 5.41) is 12.8.